The van der Waals surface area contributed by atoms with Gasteiger partial charge in [0.05, 0.1) is 13.5 Å². The Kier molecular flexibility index (Phi) is 5.36. The Balaban J connectivity index is 1.74. The van der Waals surface area contributed by atoms with Crippen molar-refractivity contribution in [2.24, 2.45) is 0 Å². The molecule has 1 aliphatic rings. The maximum Gasteiger partial charge on any atom is 0.228 e. The minimum Gasteiger partial charge on any atom is -0.496 e. The Bertz CT molecular complexity index is 733. The van der Waals surface area contributed by atoms with Crippen LogP contribution in [0.2, 0.25) is 5.02 Å². The first-order valence-corrected chi connectivity index (χ1v) is 9.31. The van der Waals surface area contributed by atoms with Gasteiger partial charge in [0.1, 0.15) is 11.1 Å². The van der Waals surface area contributed by atoms with Crippen molar-refractivity contribution in [3.8, 4) is 5.75 Å². The molecule has 2 aromatic rings. The van der Waals surface area contributed by atoms with Crippen molar-refractivity contribution in [1.82, 2.24) is 4.90 Å². The molecule has 0 bridgehead atoms. The van der Waals surface area contributed by atoms with Gasteiger partial charge in [0.15, 0.2) is 0 Å². The third kappa shape index (κ3) is 3.70. The second-order valence-corrected chi connectivity index (χ2v) is 7.47. The van der Waals surface area contributed by atoms with Crippen LogP contribution < -0.4 is 4.74 Å². The van der Waals surface area contributed by atoms with Crippen molar-refractivity contribution in [3.05, 3.63) is 64.2 Å². The standard InChI is InChI=1S/C19H20ClNO2S/c1-13-11-14(3-8-17(13)23-2)12-18(22)21-9-10-24-19(21)15-4-6-16(20)7-5-15/h3-8,11,19H,9-10,12H2,1-2H3. The second kappa shape index (κ2) is 7.49. The van der Waals surface area contributed by atoms with E-state index in [1.807, 2.05) is 54.3 Å². The van der Waals surface area contributed by atoms with Crippen molar-refractivity contribution in [3.63, 3.8) is 0 Å². The van der Waals surface area contributed by atoms with Crippen molar-refractivity contribution in [2.45, 2.75) is 18.7 Å². The minimum absolute atomic E-state index is 0.0779. The number of benzene rings is 2. The van der Waals surface area contributed by atoms with Gasteiger partial charge >= 0.3 is 0 Å². The number of hydrogen-bond acceptors (Lipinski definition) is 3. The third-order valence-corrected chi connectivity index (χ3v) is 5.69. The Morgan fingerprint density at radius 1 is 1.29 bits per heavy atom. The fourth-order valence-corrected chi connectivity index (χ4v) is 4.36. The smallest absolute Gasteiger partial charge is 0.228 e. The lowest BCUT2D eigenvalue weighted by molar-refractivity contribution is -0.130. The van der Waals surface area contributed by atoms with Gasteiger partial charge in [-0.25, -0.2) is 0 Å². The number of methoxy groups -OCH3 is 1. The molecule has 1 atom stereocenters. The van der Waals surface area contributed by atoms with E-state index >= 15 is 0 Å². The molecule has 0 radical (unpaired) electrons. The number of ether oxygens (including phenoxy) is 1. The van der Waals surface area contributed by atoms with Gasteiger partial charge in [-0.1, -0.05) is 35.9 Å². The molecule has 1 aliphatic heterocycles. The van der Waals surface area contributed by atoms with Gasteiger partial charge < -0.3 is 9.64 Å². The van der Waals surface area contributed by atoms with Gasteiger partial charge in [0.2, 0.25) is 5.91 Å². The molecule has 1 saturated heterocycles. The third-order valence-electron chi connectivity index (χ3n) is 4.18. The van der Waals surface area contributed by atoms with Crippen LogP contribution in [-0.4, -0.2) is 30.2 Å². The Hall–Kier alpha value is -1.65. The average molecular weight is 362 g/mol. The lowest BCUT2D eigenvalue weighted by atomic mass is 10.1. The van der Waals surface area contributed by atoms with Crippen molar-refractivity contribution < 1.29 is 9.53 Å². The maximum absolute atomic E-state index is 12.8. The maximum atomic E-state index is 12.8. The predicted octanol–water partition coefficient (Wildman–Crippen LogP) is 4.47. The van der Waals surface area contributed by atoms with Crippen LogP contribution in [0, 0.1) is 6.92 Å². The highest BCUT2D eigenvalue weighted by molar-refractivity contribution is 7.99. The number of aryl methyl sites for hydroxylation is 1. The molecule has 0 aliphatic carbocycles. The first kappa shape index (κ1) is 17.2. The summed E-state index contributed by atoms with van der Waals surface area (Å²) in [6, 6.07) is 13.7. The van der Waals surface area contributed by atoms with E-state index in [1.165, 1.54) is 0 Å². The van der Waals surface area contributed by atoms with Crippen LogP contribution in [0.1, 0.15) is 22.1 Å². The summed E-state index contributed by atoms with van der Waals surface area (Å²) in [7, 11) is 1.66. The molecule has 0 aromatic heterocycles. The van der Waals surface area contributed by atoms with E-state index in [9.17, 15) is 4.79 Å². The molecule has 1 unspecified atom stereocenters. The SMILES string of the molecule is COc1ccc(CC(=O)N2CCSC2c2ccc(Cl)cc2)cc1C. The normalized spacial score (nSPS) is 17.1. The predicted molar refractivity (Wildman–Crippen MR) is 99.8 cm³/mol. The van der Waals surface area contributed by atoms with Crippen LogP contribution >= 0.6 is 23.4 Å². The summed E-state index contributed by atoms with van der Waals surface area (Å²) in [6.07, 6.45) is 0.412. The molecule has 0 spiro atoms. The highest BCUT2D eigenvalue weighted by Crippen LogP contribution is 2.38. The van der Waals surface area contributed by atoms with Gasteiger partial charge in [-0.3, -0.25) is 4.79 Å². The fraction of sp³-hybridized carbons (Fsp3) is 0.316. The van der Waals surface area contributed by atoms with Gasteiger partial charge in [0.25, 0.3) is 0 Å². The molecule has 3 nitrogen and oxygen atoms in total. The first-order valence-electron chi connectivity index (χ1n) is 7.88. The summed E-state index contributed by atoms with van der Waals surface area (Å²) in [5, 5.41) is 0.794. The van der Waals surface area contributed by atoms with Crippen molar-refractivity contribution >= 4 is 29.3 Å². The van der Waals surface area contributed by atoms with Crippen molar-refractivity contribution in [2.75, 3.05) is 19.4 Å². The van der Waals surface area contributed by atoms with E-state index in [0.717, 1.165) is 34.7 Å². The van der Waals surface area contributed by atoms with Gasteiger partial charge in [-0.05, 0) is 41.8 Å². The summed E-state index contributed by atoms with van der Waals surface area (Å²) in [5.41, 5.74) is 3.19. The average Bonchev–Trinajstić information content (AvgIpc) is 3.05. The van der Waals surface area contributed by atoms with E-state index in [0.29, 0.717) is 11.4 Å². The summed E-state index contributed by atoms with van der Waals surface area (Å²) in [6.45, 7) is 2.78. The van der Waals surface area contributed by atoms with Gasteiger partial charge in [-0.15, -0.1) is 11.8 Å². The number of carbonyl (C=O) groups excluding carboxylic acids is 1. The molecule has 5 heteroatoms. The Morgan fingerprint density at radius 2 is 2.04 bits per heavy atom. The van der Waals surface area contributed by atoms with Crippen LogP contribution in [0.4, 0.5) is 0 Å². The number of carbonyl (C=O) groups is 1. The van der Waals surface area contributed by atoms with Gasteiger partial charge in [0, 0.05) is 17.3 Å². The zero-order valence-corrected chi connectivity index (χ0v) is 15.4. The number of thioether (sulfide) groups is 1. The number of nitrogens with zero attached hydrogens (tertiary/aromatic N) is 1. The molecular weight excluding hydrogens is 342 g/mol. The largest absolute Gasteiger partial charge is 0.496 e. The summed E-state index contributed by atoms with van der Waals surface area (Å²) in [5.74, 6) is 1.97. The Labute approximate surface area is 151 Å². The van der Waals surface area contributed by atoms with Crippen LogP contribution in [0.15, 0.2) is 42.5 Å². The molecule has 0 saturated carbocycles. The number of rotatable bonds is 4. The molecule has 126 valence electrons. The molecule has 1 amide bonds. The molecular formula is C19H20ClNO2S. The van der Waals surface area contributed by atoms with E-state index in [4.69, 9.17) is 16.3 Å². The number of amides is 1. The van der Waals surface area contributed by atoms with E-state index in [2.05, 4.69) is 0 Å². The molecule has 2 aromatic carbocycles. The topological polar surface area (TPSA) is 29.5 Å². The molecule has 0 N–H and O–H groups in total. The second-order valence-electron chi connectivity index (χ2n) is 5.84. The van der Waals surface area contributed by atoms with E-state index in [-0.39, 0.29) is 11.3 Å². The van der Waals surface area contributed by atoms with Crippen molar-refractivity contribution in [1.29, 1.82) is 0 Å². The first-order chi connectivity index (χ1) is 11.6. The van der Waals surface area contributed by atoms with Crippen LogP contribution in [0.3, 0.4) is 0 Å². The quantitative estimate of drug-likeness (QED) is 0.804. The monoisotopic (exact) mass is 361 g/mol. The van der Waals surface area contributed by atoms with E-state index < -0.39 is 0 Å². The van der Waals surface area contributed by atoms with Crippen LogP contribution in [0.5, 0.6) is 5.75 Å². The van der Waals surface area contributed by atoms with Gasteiger partial charge in [-0.2, -0.15) is 0 Å². The Morgan fingerprint density at radius 3 is 2.71 bits per heavy atom. The summed E-state index contributed by atoms with van der Waals surface area (Å²) < 4.78 is 5.28. The molecule has 1 fully saturated rings. The lowest BCUT2D eigenvalue weighted by Gasteiger charge is -2.24. The minimum atomic E-state index is 0.0779. The zero-order valence-electron chi connectivity index (χ0n) is 13.8. The molecule has 3 rings (SSSR count). The van der Waals surface area contributed by atoms with Crippen LogP contribution in [0.25, 0.3) is 0 Å². The van der Waals surface area contributed by atoms with Crippen LogP contribution in [-0.2, 0) is 11.2 Å². The highest BCUT2D eigenvalue weighted by atomic mass is 35.5. The van der Waals surface area contributed by atoms with E-state index in [1.54, 1.807) is 18.9 Å². The highest BCUT2D eigenvalue weighted by Gasteiger charge is 2.30. The summed E-state index contributed by atoms with van der Waals surface area (Å²) >= 11 is 7.77. The molecule has 24 heavy (non-hydrogen) atoms. The molecule has 1 heterocycles. The summed E-state index contributed by atoms with van der Waals surface area (Å²) in [4.78, 5) is 14.8. The zero-order chi connectivity index (χ0) is 17.1. The lowest BCUT2D eigenvalue weighted by Crippen LogP contribution is -2.31. The fourth-order valence-electron chi connectivity index (χ4n) is 2.96. The number of hydrogen-bond donors (Lipinski definition) is 0. The number of halogens is 1.